The Hall–Kier alpha value is -1.32. The highest BCUT2D eigenvalue weighted by Crippen LogP contribution is 2.28. The summed E-state index contributed by atoms with van der Waals surface area (Å²) in [5.41, 5.74) is 0. The third kappa shape index (κ3) is 0.995. The van der Waals surface area contributed by atoms with Gasteiger partial charge >= 0.3 is 0 Å². The molecule has 0 amide bonds. The number of benzene rings is 1. The van der Waals surface area contributed by atoms with Crippen LogP contribution in [0.3, 0.4) is 0 Å². The lowest BCUT2D eigenvalue weighted by Gasteiger charge is -2.15. The fraction of sp³-hybridized carbons (Fsp3) is 0.250. The Morgan fingerprint density at radius 3 is 1.75 bits per heavy atom. The normalized spacial score (nSPS) is 14.5. The van der Waals surface area contributed by atoms with E-state index in [2.05, 4.69) is 0 Å². The van der Waals surface area contributed by atoms with Crippen LogP contribution in [0.25, 0.3) is 0 Å². The van der Waals surface area contributed by atoms with Gasteiger partial charge in [-0.25, -0.2) is 0 Å². The van der Waals surface area contributed by atoms with Crippen molar-refractivity contribution in [2.75, 3.05) is 13.2 Å². The molecule has 2 nitrogen and oxygen atoms in total. The molecule has 0 saturated heterocycles. The summed E-state index contributed by atoms with van der Waals surface area (Å²) >= 11 is 0. The highest BCUT2D eigenvalue weighted by Gasteiger charge is 2.17. The second kappa shape index (κ2) is 2.62. The Labute approximate surface area is 67.7 Å². The minimum Gasteiger partial charge on any atom is -0.487 e. The van der Waals surface area contributed by atoms with Crippen LogP contribution in [0.5, 0.6) is 11.5 Å². The molecule has 64 valence electrons. The SMILES string of the molecule is Fc1c2ccc(c1F)OCCO2. The first kappa shape index (κ1) is 7.34. The van der Waals surface area contributed by atoms with E-state index in [-0.39, 0.29) is 24.7 Å². The highest BCUT2D eigenvalue weighted by atomic mass is 19.2. The molecule has 1 aromatic carbocycles. The van der Waals surface area contributed by atoms with E-state index in [9.17, 15) is 8.78 Å². The van der Waals surface area contributed by atoms with Gasteiger partial charge in [0.2, 0.25) is 11.6 Å². The molecule has 0 saturated carbocycles. The van der Waals surface area contributed by atoms with E-state index in [4.69, 9.17) is 9.47 Å². The summed E-state index contributed by atoms with van der Waals surface area (Å²) < 4.78 is 35.5. The van der Waals surface area contributed by atoms with E-state index in [1.807, 2.05) is 0 Å². The van der Waals surface area contributed by atoms with Gasteiger partial charge in [0.05, 0.1) is 0 Å². The molecule has 0 aromatic heterocycles. The van der Waals surface area contributed by atoms with Crippen LogP contribution in [0, 0.1) is 11.6 Å². The van der Waals surface area contributed by atoms with Gasteiger partial charge in [-0.15, -0.1) is 0 Å². The summed E-state index contributed by atoms with van der Waals surface area (Å²) in [5, 5.41) is 0. The van der Waals surface area contributed by atoms with Crippen LogP contribution in [0.2, 0.25) is 0 Å². The van der Waals surface area contributed by atoms with Gasteiger partial charge in [0.15, 0.2) is 11.5 Å². The van der Waals surface area contributed by atoms with Crippen molar-refractivity contribution < 1.29 is 18.3 Å². The van der Waals surface area contributed by atoms with Crippen molar-refractivity contribution in [3.05, 3.63) is 23.8 Å². The fourth-order valence-electron chi connectivity index (χ4n) is 1.04. The van der Waals surface area contributed by atoms with Gasteiger partial charge in [-0.3, -0.25) is 0 Å². The zero-order chi connectivity index (χ0) is 8.55. The molecule has 12 heavy (non-hydrogen) atoms. The molecule has 0 aliphatic carbocycles. The molecule has 3 rings (SSSR count). The molecular weight excluding hydrogens is 166 g/mol. The molecular formula is C8H6F2O2. The summed E-state index contributed by atoms with van der Waals surface area (Å²) in [4.78, 5) is 0. The number of hydrogen-bond acceptors (Lipinski definition) is 2. The van der Waals surface area contributed by atoms with E-state index < -0.39 is 11.6 Å². The number of hydrogen-bond donors (Lipinski definition) is 0. The van der Waals surface area contributed by atoms with Gasteiger partial charge in [0.1, 0.15) is 13.2 Å². The van der Waals surface area contributed by atoms with Gasteiger partial charge < -0.3 is 9.47 Å². The number of fused-ring (bicyclic) bond motifs is 5. The Balaban J connectivity index is 2.58. The molecule has 0 N–H and O–H groups in total. The van der Waals surface area contributed by atoms with Crippen molar-refractivity contribution in [1.82, 2.24) is 0 Å². The Morgan fingerprint density at radius 1 is 0.917 bits per heavy atom. The highest BCUT2D eigenvalue weighted by molar-refractivity contribution is 5.35. The lowest BCUT2D eigenvalue weighted by Crippen LogP contribution is -2.14. The van der Waals surface area contributed by atoms with E-state index in [1.165, 1.54) is 12.1 Å². The monoisotopic (exact) mass is 172 g/mol. The average Bonchev–Trinajstić information content (AvgIpc) is 2.00. The molecule has 0 radical (unpaired) electrons. The Morgan fingerprint density at radius 2 is 1.33 bits per heavy atom. The molecule has 0 spiro atoms. The predicted molar refractivity (Wildman–Crippen MR) is 37.3 cm³/mol. The molecule has 0 unspecified atom stereocenters. The number of halogens is 2. The quantitative estimate of drug-likeness (QED) is 0.593. The van der Waals surface area contributed by atoms with Crippen LogP contribution >= 0.6 is 0 Å². The fourth-order valence-corrected chi connectivity index (χ4v) is 1.04. The first-order valence-corrected chi connectivity index (χ1v) is 3.52. The first-order valence-electron chi connectivity index (χ1n) is 3.52. The topological polar surface area (TPSA) is 18.5 Å². The minimum atomic E-state index is -0.979. The van der Waals surface area contributed by atoms with Gasteiger partial charge in [0, 0.05) is 0 Å². The van der Waals surface area contributed by atoms with Crippen LogP contribution in [0.4, 0.5) is 8.78 Å². The third-order valence-electron chi connectivity index (χ3n) is 1.61. The zero-order valence-corrected chi connectivity index (χ0v) is 6.14. The van der Waals surface area contributed by atoms with Crippen molar-refractivity contribution in [2.24, 2.45) is 0 Å². The molecule has 2 aliphatic heterocycles. The van der Waals surface area contributed by atoms with Crippen LogP contribution in [0.15, 0.2) is 12.1 Å². The second-order valence-electron chi connectivity index (χ2n) is 2.39. The standard InChI is InChI=1S/C8H6F2O2/c9-7-5-1-2-6(8(7)10)12-4-3-11-5/h1-2H,3-4H2. The first-order chi connectivity index (χ1) is 5.79. The zero-order valence-electron chi connectivity index (χ0n) is 6.14. The lowest BCUT2D eigenvalue weighted by atomic mass is 10.3. The lowest BCUT2D eigenvalue weighted by molar-refractivity contribution is 0.188. The summed E-state index contributed by atoms with van der Waals surface area (Å²) in [7, 11) is 0. The molecule has 2 heterocycles. The molecule has 2 aliphatic rings. The predicted octanol–water partition coefficient (Wildman–Crippen LogP) is 1.74. The molecule has 0 atom stereocenters. The summed E-state index contributed by atoms with van der Waals surface area (Å²) in [6.45, 7) is 0.480. The van der Waals surface area contributed by atoms with Crippen molar-refractivity contribution in [2.45, 2.75) is 0 Å². The van der Waals surface area contributed by atoms with Crippen LogP contribution in [-0.2, 0) is 0 Å². The van der Waals surface area contributed by atoms with E-state index >= 15 is 0 Å². The van der Waals surface area contributed by atoms with Crippen molar-refractivity contribution in [3.8, 4) is 11.5 Å². The summed E-state index contributed by atoms with van der Waals surface area (Å²) in [6.07, 6.45) is 0. The van der Waals surface area contributed by atoms with E-state index in [1.54, 1.807) is 0 Å². The van der Waals surface area contributed by atoms with Gasteiger partial charge in [-0.05, 0) is 12.1 Å². The third-order valence-corrected chi connectivity index (χ3v) is 1.61. The second-order valence-corrected chi connectivity index (χ2v) is 2.39. The van der Waals surface area contributed by atoms with Gasteiger partial charge in [0.25, 0.3) is 0 Å². The maximum absolute atomic E-state index is 12.9. The largest absolute Gasteiger partial charge is 0.487 e. The number of rotatable bonds is 0. The molecule has 0 fully saturated rings. The van der Waals surface area contributed by atoms with Crippen LogP contribution < -0.4 is 9.47 Å². The van der Waals surface area contributed by atoms with Gasteiger partial charge in [-0.1, -0.05) is 0 Å². The van der Waals surface area contributed by atoms with Crippen molar-refractivity contribution in [1.29, 1.82) is 0 Å². The van der Waals surface area contributed by atoms with Crippen LogP contribution in [-0.4, -0.2) is 13.2 Å². The summed E-state index contributed by atoms with van der Waals surface area (Å²) in [6, 6.07) is 2.71. The maximum Gasteiger partial charge on any atom is 0.204 e. The van der Waals surface area contributed by atoms with Crippen molar-refractivity contribution in [3.63, 3.8) is 0 Å². The minimum absolute atomic E-state index is 0.0560. The molecule has 4 heteroatoms. The van der Waals surface area contributed by atoms with Crippen molar-refractivity contribution >= 4 is 0 Å². The van der Waals surface area contributed by atoms with E-state index in [0.29, 0.717) is 0 Å². The maximum atomic E-state index is 12.9. The Kier molecular flexibility index (Phi) is 1.60. The smallest absolute Gasteiger partial charge is 0.204 e. The average molecular weight is 172 g/mol. The van der Waals surface area contributed by atoms with Gasteiger partial charge in [-0.2, -0.15) is 8.78 Å². The molecule has 2 bridgehead atoms. The van der Waals surface area contributed by atoms with E-state index in [0.717, 1.165) is 0 Å². The van der Waals surface area contributed by atoms with Crippen LogP contribution in [0.1, 0.15) is 0 Å². The Bertz CT molecular complexity index is 281. The molecule has 1 aromatic rings. The number of ether oxygens (including phenoxy) is 2. The summed E-state index contributed by atoms with van der Waals surface area (Å²) in [5.74, 6) is -2.07.